The molecule has 1 atom stereocenters. The molecule has 0 unspecified atom stereocenters. The van der Waals surface area contributed by atoms with Crippen LogP contribution in [-0.2, 0) is 9.59 Å². The molecule has 0 aliphatic heterocycles. The summed E-state index contributed by atoms with van der Waals surface area (Å²) in [6.07, 6.45) is 0.279. The van der Waals surface area contributed by atoms with E-state index >= 15 is 0 Å². The molecule has 0 aliphatic carbocycles. The van der Waals surface area contributed by atoms with Gasteiger partial charge >= 0.3 is 5.97 Å². The zero-order chi connectivity index (χ0) is 16.9. The lowest BCUT2D eigenvalue weighted by atomic mass is 10.0. The van der Waals surface area contributed by atoms with Gasteiger partial charge in [0, 0.05) is 12.5 Å². The second-order valence-electron chi connectivity index (χ2n) is 5.37. The Labute approximate surface area is 127 Å². The van der Waals surface area contributed by atoms with Gasteiger partial charge in [0.2, 0.25) is 5.91 Å². The number of benzene rings is 1. The summed E-state index contributed by atoms with van der Waals surface area (Å²) in [5.74, 6) is -2.83. The number of halogens is 1. The van der Waals surface area contributed by atoms with E-state index in [1.807, 2.05) is 13.8 Å². The van der Waals surface area contributed by atoms with E-state index in [0.29, 0.717) is 0 Å². The summed E-state index contributed by atoms with van der Waals surface area (Å²) in [6, 6.07) is 2.41. The van der Waals surface area contributed by atoms with E-state index < -0.39 is 29.6 Å². The van der Waals surface area contributed by atoms with Crippen molar-refractivity contribution in [3.63, 3.8) is 0 Å². The highest BCUT2D eigenvalue weighted by molar-refractivity contribution is 5.98. The maximum Gasteiger partial charge on any atom is 0.326 e. The van der Waals surface area contributed by atoms with Crippen LogP contribution in [-0.4, -0.2) is 28.9 Å². The Morgan fingerprint density at radius 3 is 2.41 bits per heavy atom. The molecule has 0 bridgehead atoms. The highest BCUT2D eigenvalue weighted by Crippen LogP contribution is 2.16. The van der Waals surface area contributed by atoms with Gasteiger partial charge in [-0.3, -0.25) is 9.59 Å². The van der Waals surface area contributed by atoms with Gasteiger partial charge in [-0.2, -0.15) is 0 Å². The number of rotatable bonds is 6. The fourth-order valence-corrected chi connectivity index (χ4v) is 1.89. The van der Waals surface area contributed by atoms with Crippen LogP contribution >= 0.6 is 0 Å². The molecule has 0 aromatic heterocycles. The van der Waals surface area contributed by atoms with Gasteiger partial charge in [0.15, 0.2) is 0 Å². The van der Waals surface area contributed by atoms with E-state index in [1.54, 1.807) is 0 Å². The van der Waals surface area contributed by atoms with Crippen LogP contribution in [0.4, 0.5) is 10.1 Å². The van der Waals surface area contributed by atoms with Crippen LogP contribution in [0.2, 0.25) is 0 Å². The zero-order valence-corrected chi connectivity index (χ0v) is 12.6. The smallest absolute Gasteiger partial charge is 0.326 e. The molecular weight excluding hydrogens is 291 g/mol. The van der Waals surface area contributed by atoms with Crippen molar-refractivity contribution < 1.29 is 23.9 Å². The minimum Gasteiger partial charge on any atom is -0.480 e. The lowest BCUT2D eigenvalue weighted by Gasteiger charge is -2.16. The van der Waals surface area contributed by atoms with E-state index in [-0.39, 0.29) is 23.6 Å². The lowest BCUT2D eigenvalue weighted by Crippen LogP contribution is -2.41. The number of carbonyl (C=O) groups is 3. The maximum absolute atomic E-state index is 13.5. The predicted octanol–water partition coefficient (Wildman–Crippen LogP) is 2.01. The molecule has 7 heteroatoms. The monoisotopic (exact) mass is 310 g/mol. The summed E-state index contributed by atoms with van der Waals surface area (Å²) in [4.78, 5) is 34.2. The first-order chi connectivity index (χ1) is 10.2. The molecule has 0 heterocycles. The van der Waals surface area contributed by atoms with Gasteiger partial charge in [0.05, 0.1) is 5.69 Å². The first kappa shape index (κ1) is 17.6. The summed E-state index contributed by atoms with van der Waals surface area (Å²) >= 11 is 0. The number of anilines is 1. The Kier molecular flexibility index (Phi) is 6.03. The number of carboxylic acid groups (broad SMARTS) is 1. The molecule has 0 fully saturated rings. The average molecular weight is 310 g/mol. The average Bonchev–Trinajstić information content (AvgIpc) is 2.39. The van der Waals surface area contributed by atoms with Gasteiger partial charge in [-0.05, 0) is 30.5 Å². The van der Waals surface area contributed by atoms with Crippen LogP contribution in [0.5, 0.6) is 0 Å². The lowest BCUT2D eigenvalue weighted by molar-refractivity contribution is -0.139. The third-order valence-electron chi connectivity index (χ3n) is 2.85. The fraction of sp³-hybridized carbons (Fsp3) is 0.400. The normalized spacial score (nSPS) is 11.9. The molecule has 22 heavy (non-hydrogen) atoms. The van der Waals surface area contributed by atoms with Gasteiger partial charge in [-0.1, -0.05) is 13.8 Å². The SMILES string of the molecule is CC(=O)Nc1cc(C(=O)N[C@@H](CC(C)C)C(=O)O)ccc1F. The van der Waals surface area contributed by atoms with Crippen molar-refractivity contribution in [3.8, 4) is 0 Å². The zero-order valence-electron chi connectivity index (χ0n) is 12.6. The first-order valence-electron chi connectivity index (χ1n) is 6.81. The second-order valence-corrected chi connectivity index (χ2v) is 5.37. The number of hydrogen-bond donors (Lipinski definition) is 3. The molecule has 1 aromatic carbocycles. The van der Waals surface area contributed by atoms with E-state index in [9.17, 15) is 18.8 Å². The third-order valence-corrected chi connectivity index (χ3v) is 2.85. The molecule has 3 N–H and O–H groups in total. The molecule has 0 saturated heterocycles. The summed E-state index contributed by atoms with van der Waals surface area (Å²) in [5.41, 5.74) is -0.0592. The number of nitrogens with one attached hydrogen (secondary N) is 2. The third kappa shape index (κ3) is 5.16. The summed E-state index contributed by atoms with van der Waals surface area (Å²) in [6.45, 7) is 4.90. The molecule has 0 saturated carbocycles. The molecule has 2 amide bonds. The Morgan fingerprint density at radius 2 is 1.91 bits per heavy atom. The van der Waals surface area contributed by atoms with Crippen molar-refractivity contribution in [2.75, 3.05) is 5.32 Å². The van der Waals surface area contributed by atoms with Crippen LogP contribution in [0.3, 0.4) is 0 Å². The molecule has 1 aromatic rings. The maximum atomic E-state index is 13.5. The Hall–Kier alpha value is -2.44. The van der Waals surface area contributed by atoms with Crippen molar-refractivity contribution in [2.45, 2.75) is 33.2 Å². The Bertz CT molecular complexity index is 587. The van der Waals surface area contributed by atoms with Crippen LogP contribution in [0.15, 0.2) is 18.2 Å². The Balaban J connectivity index is 2.92. The van der Waals surface area contributed by atoms with E-state index in [1.165, 1.54) is 19.1 Å². The number of carbonyl (C=O) groups excluding carboxylic acids is 2. The van der Waals surface area contributed by atoms with Crippen LogP contribution in [0.1, 0.15) is 37.6 Å². The summed E-state index contributed by atoms with van der Waals surface area (Å²) in [5, 5.41) is 13.8. The van der Waals surface area contributed by atoms with Crippen molar-refractivity contribution in [3.05, 3.63) is 29.6 Å². The van der Waals surface area contributed by atoms with Crippen molar-refractivity contribution in [1.82, 2.24) is 5.32 Å². The fourth-order valence-electron chi connectivity index (χ4n) is 1.89. The van der Waals surface area contributed by atoms with E-state index in [4.69, 9.17) is 5.11 Å². The minimum atomic E-state index is -1.13. The van der Waals surface area contributed by atoms with E-state index in [0.717, 1.165) is 6.07 Å². The number of aliphatic carboxylic acids is 1. The first-order valence-corrected chi connectivity index (χ1v) is 6.81. The molecule has 0 spiro atoms. The van der Waals surface area contributed by atoms with E-state index in [2.05, 4.69) is 10.6 Å². The van der Waals surface area contributed by atoms with Gasteiger partial charge in [0.25, 0.3) is 5.91 Å². The van der Waals surface area contributed by atoms with Gasteiger partial charge in [-0.15, -0.1) is 0 Å². The summed E-state index contributed by atoms with van der Waals surface area (Å²) < 4.78 is 13.5. The van der Waals surface area contributed by atoms with Crippen LogP contribution in [0.25, 0.3) is 0 Å². The standard InChI is InChI=1S/C15H19FN2O4/c1-8(2)6-13(15(21)22)18-14(20)10-4-5-11(16)12(7-10)17-9(3)19/h4-5,7-8,13H,6H2,1-3H3,(H,17,19)(H,18,20)(H,21,22)/t13-/m0/s1. The molecule has 120 valence electrons. The van der Waals surface area contributed by atoms with Gasteiger partial charge in [-0.25, -0.2) is 9.18 Å². The van der Waals surface area contributed by atoms with Gasteiger partial charge in [0.1, 0.15) is 11.9 Å². The highest BCUT2D eigenvalue weighted by atomic mass is 19.1. The quantitative estimate of drug-likeness (QED) is 0.749. The highest BCUT2D eigenvalue weighted by Gasteiger charge is 2.22. The van der Waals surface area contributed by atoms with Crippen LogP contribution in [0, 0.1) is 11.7 Å². The molecule has 1 rings (SSSR count). The van der Waals surface area contributed by atoms with Crippen molar-refractivity contribution in [1.29, 1.82) is 0 Å². The van der Waals surface area contributed by atoms with Gasteiger partial charge < -0.3 is 15.7 Å². The largest absolute Gasteiger partial charge is 0.480 e. The van der Waals surface area contributed by atoms with Crippen LogP contribution < -0.4 is 10.6 Å². The molecule has 0 radical (unpaired) electrons. The Morgan fingerprint density at radius 1 is 1.27 bits per heavy atom. The summed E-state index contributed by atoms with van der Waals surface area (Å²) in [7, 11) is 0. The minimum absolute atomic E-state index is 0.0696. The molecule has 6 nitrogen and oxygen atoms in total. The number of hydrogen-bond acceptors (Lipinski definition) is 3. The van der Waals surface area contributed by atoms with Crippen molar-refractivity contribution in [2.24, 2.45) is 5.92 Å². The predicted molar refractivity (Wildman–Crippen MR) is 79.0 cm³/mol. The molecule has 0 aliphatic rings. The number of amides is 2. The number of carboxylic acids is 1. The molecular formula is C15H19FN2O4. The second kappa shape index (κ2) is 7.53. The topological polar surface area (TPSA) is 95.5 Å². The van der Waals surface area contributed by atoms with Crippen molar-refractivity contribution >= 4 is 23.5 Å².